The smallest absolute Gasteiger partial charge is 0.239 e. The highest BCUT2D eigenvalue weighted by Crippen LogP contribution is 2.20. The molecule has 0 fully saturated rings. The van der Waals surface area contributed by atoms with E-state index in [0.29, 0.717) is 18.3 Å². The van der Waals surface area contributed by atoms with E-state index < -0.39 is 6.10 Å². The molecule has 1 unspecified atom stereocenters. The van der Waals surface area contributed by atoms with Crippen molar-refractivity contribution in [1.82, 2.24) is 9.97 Å². The zero-order valence-corrected chi connectivity index (χ0v) is 10.6. The first-order valence-corrected chi connectivity index (χ1v) is 5.62. The van der Waals surface area contributed by atoms with E-state index in [4.69, 9.17) is 5.84 Å². The topological polar surface area (TPSA) is 96.1 Å². The van der Waals surface area contributed by atoms with E-state index in [9.17, 15) is 5.11 Å². The quantitative estimate of drug-likeness (QED) is 0.452. The van der Waals surface area contributed by atoms with Gasteiger partial charge in [0.05, 0.1) is 6.10 Å². The van der Waals surface area contributed by atoms with Crippen molar-refractivity contribution in [1.29, 1.82) is 0 Å². The highest BCUT2D eigenvalue weighted by atomic mass is 16.3. The summed E-state index contributed by atoms with van der Waals surface area (Å²) in [4.78, 5) is 7.98. The molecule has 0 aliphatic heterocycles. The van der Waals surface area contributed by atoms with E-state index in [2.05, 4.69) is 41.5 Å². The number of nitrogens with zero attached hydrogens (tertiary/aromatic N) is 2. The van der Waals surface area contributed by atoms with Gasteiger partial charge in [-0.3, -0.25) is 5.43 Å². The van der Waals surface area contributed by atoms with Gasteiger partial charge in [0.2, 0.25) is 5.95 Å². The highest BCUT2D eigenvalue weighted by Gasteiger charge is 2.16. The monoisotopic (exact) mass is 239 g/mol. The first-order chi connectivity index (χ1) is 7.90. The van der Waals surface area contributed by atoms with E-state index in [-0.39, 0.29) is 5.41 Å². The largest absolute Gasteiger partial charge is 0.391 e. The molecule has 0 aliphatic rings. The van der Waals surface area contributed by atoms with Gasteiger partial charge in [0, 0.05) is 12.7 Å². The molecule has 0 spiro atoms. The Hall–Kier alpha value is -1.40. The molecular weight excluding hydrogens is 218 g/mol. The van der Waals surface area contributed by atoms with Gasteiger partial charge in [-0.1, -0.05) is 20.8 Å². The van der Waals surface area contributed by atoms with E-state index in [1.54, 1.807) is 12.3 Å². The van der Waals surface area contributed by atoms with Crippen molar-refractivity contribution < 1.29 is 5.11 Å². The molecule has 1 atom stereocenters. The second kappa shape index (κ2) is 5.79. The molecule has 1 rings (SSSR count). The first-order valence-electron chi connectivity index (χ1n) is 5.62. The minimum absolute atomic E-state index is 0.108. The molecule has 0 saturated carbocycles. The van der Waals surface area contributed by atoms with Crippen molar-refractivity contribution in [2.75, 3.05) is 17.3 Å². The standard InChI is InChI=1S/C11H21N5O/c1-11(2,3)6-8(17)7-14-9-4-5-13-10(15-9)16-12/h4-5,8,17H,6-7,12H2,1-3H3,(H2,13,14,15,16). The van der Waals surface area contributed by atoms with Crippen molar-refractivity contribution in [3.05, 3.63) is 12.3 Å². The van der Waals surface area contributed by atoms with Gasteiger partial charge < -0.3 is 10.4 Å². The van der Waals surface area contributed by atoms with Crippen LogP contribution in [-0.4, -0.2) is 27.7 Å². The van der Waals surface area contributed by atoms with Crippen LogP contribution in [0.1, 0.15) is 27.2 Å². The van der Waals surface area contributed by atoms with Crippen molar-refractivity contribution in [2.45, 2.75) is 33.3 Å². The Morgan fingerprint density at radius 2 is 2.18 bits per heavy atom. The van der Waals surface area contributed by atoms with E-state index in [1.807, 2.05) is 0 Å². The SMILES string of the molecule is CC(C)(C)CC(O)CNc1ccnc(NN)n1. The maximum absolute atomic E-state index is 9.83. The lowest BCUT2D eigenvalue weighted by Gasteiger charge is -2.22. The minimum atomic E-state index is -0.403. The van der Waals surface area contributed by atoms with Gasteiger partial charge >= 0.3 is 0 Å². The predicted octanol–water partition coefficient (Wildman–Crippen LogP) is 0.971. The van der Waals surface area contributed by atoms with Gasteiger partial charge in [-0.05, 0) is 17.9 Å². The lowest BCUT2D eigenvalue weighted by Crippen LogP contribution is -2.25. The summed E-state index contributed by atoms with van der Waals surface area (Å²) in [7, 11) is 0. The number of nitrogens with two attached hydrogens (primary N) is 1. The van der Waals surface area contributed by atoms with E-state index >= 15 is 0 Å². The third kappa shape index (κ3) is 5.46. The van der Waals surface area contributed by atoms with Crippen LogP contribution in [0.15, 0.2) is 12.3 Å². The molecule has 0 aromatic carbocycles. The number of aromatic nitrogens is 2. The van der Waals surface area contributed by atoms with Crippen LogP contribution in [0.2, 0.25) is 0 Å². The Labute approximate surface area is 102 Å². The molecule has 0 amide bonds. The molecule has 5 N–H and O–H groups in total. The Morgan fingerprint density at radius 3 is 2.76 bits per heavy atom. The number of nitrogen functional groups attached to an aromatic ring is 1. The Bertz CT molecular complexity index is 350. The van der Waals surface area contributed by atoms with Gasteiger partial charge in [-0.2, -0.15) is 4.98 Å². The summed E-state index contributed by atoms with van der Waals surface area (Å²) in [6.45, 7) is 6.74. The van der Waals surface area contributed by atoms with Crippen LogP contribution in [-0.2, 0) is 0 Å². The van der Waals surface area contributed by atoms with Crippen molar-refractivity contribution in [2.24, 2.45) is 11.3 Å². The van der Waals surface area contributed by atoms with Gasteiger partial charge in [-0.25, -0.2) is 10.8 Å². The van der Waals surface area contributed by atoms with Crippen LogP contribution < -0.4 is 16.6 Å². The molecule has 0 radical (unpaired) electrons. The lowest BCUT2D eigenvalue weighted by atomic mass is 9.89. The fourth-order valence-corrected chi connectivity index (χ4v) is 1.53. The number of hydrogen-bond donors (Lipinski definition) is 4. The molecule has 17 heavy (non-hydrogen) atoms. The van der Waals surface area contributed by atoms with Gasteiger partial charge in [-0.15, -0.1) is 0 Å². The summed E-state index contributed by atoms with van der Waals surface area (Å²) in [5, 5.41) is 12.9. The van der Waals surface area contributed by atoms with Crippen LogP contribution in [0.5, 0.6) is 0 Å². The van der Waals surface area contributed by atoms with Crippen LogP contribution in [0, 0.1) is 5.41 Å². The van der Waals surface area contributed by atoms with Crippen molar-refractivity contribution in [3.8, 4) is 0 Å². The van der Waals surface area contributed by atoms with Crippen LogP contribution in [0.4, 0.5) is 11.8 Å². The molecule has 1 heterocycles. The van der Waals surface area contributed by atoms with Gasteiger partial charge in [0.15, 0.2) is 0 Å². The molecule has 1 aromatic heterocycles. The Kier molecular flexibility index (Phi) is 4.65. The number of nitrogens with one attached hydrogen (secondary N) is 2. The third-order valence-corrected chi connectivity index (χ3v) is 2.15. The summed E-state index contributed by atoms with van der Waals surface area (Å²) >= 11 is 0. The summed E-state index contributed by atoms with van der Waals surface area (Å²) < 4.78 is 0. The van der Waals surface area contributed by atoms with Crippen molar-refractivity contribution in [3.63, 3.8) is 0 Å². The molecule has 6 nitrogen and oxygen atoms in total. The average Bonchev–Trinajstić information content (AvgIpc) is 2.24. The second-order valence-electron chi connectivity index (χ2n) is 5.21. The molecule has 6 heteroatoms. The molecule has 0 bridgehead atoms. The zero-order valence-electron chi connectivity index (χ0n) is 10.6. The number of anilines is 2. The highest BCUT2D eigenvalue weighted by molar-refractivity contribution is 5.38. The summed E-state index contributed by atoms with van der Waals surface area (Å²) in [6, 6.07) is 1.73. The number of rotatable bonds is 5. The van der Waals surface area contributed by atoms with E-state index in [0.717, 1.165) is 6.42 Å². The van der Waals surface area contributed by atoms with E-state index in [1.165, 1.54) is 0 Å². The molecule has 0 saturated heterocycles. The van der Waals surface area contributed by atoms with Crippen LogP contribution >= 0.6 is 0 Å². The molecule has 1 aromatic rings. The predicted molar refractivity (Wildman–Crippen MR) is 68.4 cm³/mol. The summed E-state index contributed by atoms with van der Waals surface area (Å²) in [5.41, 5.74) is 2.48. The lowest BCUT2D eigenvalue weighted by molar-refractivity contribution is 0.132. The summed E-state index contributed by atoms with van der Waals surface area (Å²) in [5.74, 6) is 6.19. The summed E-state index contributed by atoms with van der Waals surface area (Å²) in [6.07, 6.45) is 1.92. The second-order valence-corrected chi connectivity index (χ2v) is 5.21. The van der Waals surface area contributed by atoms with Crippen molar-refractivity contribution >= 4 is 11.8 Å². The first kappa shape index (κ1) is 13.7. The number of hydrazine groups is 1. The Morgan fingerprint density at radius 1 is 1.47 bits per heavy atom. The third-order valence-electron chi connectivity index (χ3n) is 2.15. The van der Waals surface area contributed by atoms with Crippen LogP contribution in [0.25, 0.3) is 0 Å². The fraction of sp³-hybridized carbons (Fsp3) is 0.636. The minimum Gasteiger partial charge on any atom is -0.391 e. The maximum atomic E-state index is 9.83. The maximum Gasteiger partial charge on any atom is 0.239 e. The number of hydrogen-bond acceptors (Lipinski definition) is 6. The average molecular weight is 239 g/mol. The normalized spacial score (nSPS) is 13.2. The molecular formula is C11H21N5O. The van der Waals surface area contributed by atoms with Gasteiger partial charge in [0.1, 0.15) is 5.82 Å². The number of aliphatic hydroxyl groups is 1. The molecule has 96 valence electrons. The van der Waals surface area contributed by atoms with Gasteiger partial charge in [0.25, 0.3) is 0 Å². The van der Waals surface area contributed by atoms with Crippen LogP contribution in [0.3, 0.4) is 0 Å². The molecule has 0 aliphatic carbocycles. The number of aliphatic hydroxyl groups excluding tert-OH is 1. The Balaban J connectivity index is 2.44. The zero-order chi connectivity index (χ0) is 12.9. The fourth-order valence-electron chi connectivity index (χ4n) is 1.53.